The van der Waals surface area contributed by atoms with Crippen molar-refractivity contribution in [3.8, 4) is 0 Å². The van der Waals surface area contributed by atoms with Crippen molar-refractivity contribution in [2.24, 2.45) is 0 Å². The van der Waals surface area contributed by atoms with Gasteiger partial charge in [0, 0.05) is 19.3 Å². The van der Waals surface area contributed by atoms with E-state index >= 15 is 0 Å². The number of hydrogen-bond acceptors (Lipinski definition) is 6. The summed E-state index contributed by atoms with van der Waals surface area (Å²) in [7, 11) is 0. The molecule has 0 radical (unpaired) electrons. The number of ether oxygens (including phenoxy) is 3. The van der Waals surface area contributed by atoms with E-state index in [1.807, 2.05) is 0 Å². The first-order chi connectivity index (χ1) is 38.0. The summed E-state index contributed by atoms with van der Waals surface area (Å²) >= 11 is 0. The lowest BCUT2D eigenvalue weighted by Gasteiger charge is -2.18. The quantitative estimate of drug-likeness (QED) is 0.0261. The summed E-state index contributed by atoms with van der Waals surface area (Å²) in [6.45, 7) is 6.46. The fourth-order valence-electron chi connectivity index (χ4n) is 9.45. The van der Waals surface area contributed by atoms with Gasteiger partial charge in [-0.05, 0) is 89.9 Å². The third-order valence-corrected chi connectivity index (χ3v) is 14.4. The van der Waals surface area contributed by atoms with Crippen LogP contribution in [0.2, 0.25) is 0 Å². The molecule has 0 aliphatic rings. The average Bonchev–Trinajstić information content (AvgIpc) is 3.43. The molecular weight excluding hydrogens is 949 g/mol. The molecule has 0 aliphatic carbocycles. The number of hydrogen-bond donors (Lipinski definition) is 0. The first kappa shape index (κ1) is 73.6. The van der Waals surface area contributed by atoms with Crippen molar-refractivity contribution in [2.75, 3.05) is 13.2 Å². The van der Waals surface area contributed by atoms with Crippen molar-refractivity contribution in [1.29, 1.82) is 0 Å². The second-order valence-corrected chi connectivity index (χ2v) is 22.0. The number of allylic oxidation sites excluding steroid dienone is 14. The van der Waals surface area contributed by atoms with Crippen LogP contribution in [0.3, 0.4) is 0 Å². The number of unbranched alkanes of at least 4 members (excludes halogenated alkanes) is 35. The molecule has 0 aliphatic heterocycles. The summed E-state index contributed by atoms with van der Waals surface area (Å²) in [5.41, 5.74) is 0. The maximum Gasteiger partial charge on any atom is 0.306 e. The molecule has 0 saturated carbocycles. The zero-order valence-electron chi connectivity index (χ0n) is 51.0. The maximum atomic E-state index is 12.9. The van der Waals surface area contributed by atoms with Crippen molar-refractivity contribution < 1.29 is 28.6 Å². The number of carbonyl (C=O) groups excluding carboxylic acids is 3. The van der Waals surface area contributed by atoms with Gasteiger partial charge in [-0.3, -0.25) is 14.4 Å². The first-order valence-corrected chi connectivity index (χ1v) is 33.1. The van der Waals surface area contributed by atoms with Gasteiger partial charge in [0.05, 0.1) is 0 Å². The van der Waals surface area contributed by atoms with Gasteiger partial charge in [0.2, 0.25) is 0 Å². The number of esters is 3. The second kappa shape index (κ2) is 65.1. The number of carbonyl (C=O) groups is 3. The van der Waals surface area contributed by atoms with Crippen LogP contribution in [0.1, 0.15) is 329 Å². The first-order valence-electron chi connectivity index (χ1n) is 33.1. The summed E-state index contributed by atoms with van der Waals surface area (Å²) in [5, 5.41) is 0. The van der Waals surface area contributed by atoms with Crippen molar-refractivity contribution in [3.05, 3.63) is 85.1 Å². The Morgan fingerprint density at radius 2 is 0.532 bits per heavy atom. The van der Waals surface area contributed by atoms with E-state index in [0.29, 0.717) is 19.3 Å². The molecule has 444 valence electrons. The van der Waals surface area contributed by atoms with Gasteiger partial charge in [-0.2, -0.15) is 0 Å². The number of rotatable bonds is 60. The van der Waals surface area contributed by atoms with Gasteiger partial charge < -0.3 is 14.2 Å². The Balaban J connectivity index is 4.23. The highest BCUT2D eigenvalue weighted by molar-refractivity contribution is 5.71. The van der Waals surface area contributed by atoms with Crippen molar-refractivity contribution in [2.45, 2.75) is 335 Å². The lowest BCUT2D eigenvalue weighted by molar-refractivity contribution is -0.167. The minimum Gasteiger partial charge on any atom is -0.462 e. The molecule has 0 aromatic rings. The molecule has 1 unspecified atom stereocenters. The van der Waals surface area contributed by atoms with Crippen molar-refractivity contribution in [3.63, 3.8) is 0 Å². The molecule has 0 heterocycles. The molecule has 0 N–H and O–H groups in total. The van der Waals surface area contributed by atoms with Crippen LogP contribution in [0.4, 0.5) is 0 Å². The molecule has 0 bridgehead atoms. The Hall–Kier alpha value is -3.41. The van der Waals surface area contributed by atoms with Crippen LogP contribution in [0.5, 0.6) is 0 Å². The Labute approximate surface area is 477 Å². The summed E-state index contributed by atoms with van der Waals surface area (Å²) < 4.78 is 16.9. The van der Waals surface area contributed by atoms with E-state index in [1.165, 1.54) is 173 Å². The maximum absolute atomic E-state index is 12.9. The van der Waals surface area contributed by atoms with E-state index in [0.717, 1.165) is 109 Å². The molecule has 77 heavy (non-hydrogen) atoms. The van der Waals surface area contributed by atoms with Crippen LogP contribution in [-0.4, -0.2) is 37.2 Å². The van der Waals surface area contributed by atoms with Crippen LogP contribution in [0, 0.1) is 0 Å². The highest BCUT2D eigenvalue weighted by Gasteiger charge is 2.19. The molecule has 0 rings (SSSR count). The van der Waals surface area contributed by atoms with Crippen LogP contribution in [0.15, 0.2) is 85.1 Å². The van der Waals surface area contributed by atoms with Crippen molar-refractivity contribution in [1.82, 2.24) is 0 Å². The Morgan fingerprint density at radius 1 is 0.273 bits per heavy atom. The molecule has 6 heteroatoms. The molecule has 0 aromatic heterocycles. The fourth-order valence-corrected chi connectivity index (χ4v) is 9.45. The third kappa shape index (κ3) is 63.3. The summed E-state index contributed by atoms with van der Waals surface area (Å²) in [4.78, 5) is 38.2. The summed E-state index contributed by atoms with van der Waals surface area (Å²) in [5.74, 6) is -0.938. The molecular formula is C71H124O6. The van der Waals surface area contributed by atoms with E-state index in [1.54, 1.807) is 0 Å². The molecule has 0 amide bonds. The van der Waals surface area contributed by atoms with Gasteiger partial charge in [-0.1, -0.05) is 305 Å². The molecule has 1 atom stereocenters. The molecule has 6 nitrogen and oxygen atoms in total. The highest BCUT2D eigenvalue weighted by Crippen LogP contribution is 2.18. The zero-order chi connectivity index (χ0) is 55.7. The SMILES string of the molecule is CC/C=C\C/C=C\C/C=C\C/C=C\C/C=C\C/C=C\CCCCC(=O)OC(COC(=O)CCCCCCC/C=C\CCC)COC(=O)CCCCCCCCCCCCCCCCCCCCCCCCCCCCCC. The largest absolute Gasteiger partial charge is 0.462 e. The second-order valence-electron chi connectivity index (χ2n) is 22.0. The summed E-state index contributed by atoms with van der Waals surface area (Å²) in [6, 6.07) is 0. The summed E-state index contributed by atoms with van der Waals surface area (Å²) in [6.07, 6.45) is 86.2. The van der Waals surface area contributed by atoms with Crippen LogP contribution in [-0.2, 0) is 28.6 Å². The minimum absolute atomic E-state index is 0.0946. The highest BCUT2D eigenvalue weighted by atomic mass is 16.6. The van der Waals surface area contributed by atoms with E-state index in [4.69, 9.17) is 14.2 Å². The minimum atomic E-state index is -0.803. The van der Waals surface area contributed by atoms with E-state index in [-0.39, 0.29) is 37.5 Å². The van der Waals surface area contributed by atoms with Crippen LogP contribution < -0.4 is 0 Å². The Kier molecular flexibility index (Phi) is 62.2. The predicted molar refractivity (Wildman–Crippen MR) is 334 cm³/mol. The van der Waals surface area contributed by atoms with Crippen LogP contribution >= 0.6 is 0 Å². The molecule has 0 spiro atoms. The fraction of sp³-hybridized carbons (Fsp3) is 0.761. The average molecular weight is 1070 g/mol. The molecule has 0 aromatic carbocycles. The molecule has 0 saturated heterocycles. The van der Waals surface area contributed by atoms with E-state index in [2.05, 4.69) is 106 Å². The normalized spacial score (nSPS) is 12.6. The Morgan fingerprint density at radius 3 is 0.883 bits per heavy atom. The smallest absolute Gasteiger partial charge is 0.306 e. The van der Waals surface area contributed by atoms with Crippen LogP contribution in [0.25, 0.3) is 0 Å². The van der Waals surface area contributed by atoms with Gasteiger partial charge in [-0.25, -0.2) is 0 Å². The van der Waals surface area contributed by atoms with Gasteiger partial charge >= 0.3 is 17.9 Å². The standard InChI is InChI=1S/C71H124O6/c1-4-7-10-13-16-19-22-24-26-28-30-32-33-34-35-36-37-38-40-41-43-45-47-49-52-55-58-61-64-70(73)76-67-68(66-75-69(72)63-60-57-54-51-21-18-15-12-9-6-3)77-71(74)65-62-59-56-53-50-48-46-44-42-39-31-29-27-25-23-20-17-14-11-8-5-2/h8,11-12,15,17,20,25,27,31,39,44,46,50,53,68H,4-7,9-10,13-14,16,18-19,21-24,26,28-30,32-38,40-43,45,47-49,51-52,54-67H2,1-3H3/b11-8-,15-12-,20-17-,27-25-,39-31-,46-44-,53-50-. The third-order valence-electron chi connectivity index (χ3n) is 14.4. The van der Waals surface area contributed by atoms with Gasteiger partial charge in [0.25, 0.3) is 0 Å². The van der Waals surface area contributed by atoms with Gasteiger partial charge in [-0.15, -0.1) is 0 Å². The lowest BCUT2D eigenvalue weighted by Crippen LogP contribution is -2.30. The monoisotopic (exact) mass is 1070 g/mol. The Bertz CT molecular complexity index is 1470. The van der Waals surface area contributed by atoms with Crippen molar-refractivity contribution >= 4 is 17.9 Å². The zero-order valence-corrected chi connectivity index (χ0v) is 51.0. The lowest BCUT2D eigenvalue weighted by atomic mass is 10.0. The topological polar surface area (TPSA) is 78.9 Å². The molecule has 0 fully saturated rings. The van der Waals surface area contributed by atoms with E-state index in [9.17, 15) is 14.4 Å². The predicted octanol–water partition coefficient (Wildman–Crippen LogP) is 22.7. The van der Waals surface area contributed by atoms with Gasteiger partial charge in [0.1, 0.15) is 13.2 Å². The van der Waals surface area contributed by atoms with Gasteiger partial charge in [0.15, 0.2) is 6.10 Å². The van der Waals surface area contributed by atoms with E-state index < -0.39 is 6.10 Å².